The summed E-state index contributed by atoms with van der Waals surface area (Å²) < 4.78 is 0. The van der Waals surface area contributed by atoms with Crippen molar-refractivity contribution in [3.8, 4) is 0 Å². The van der Waals surface area contributed by atoms with Crippen LogP contribution in [0.5, 0.6) is 0 Å². The van der Waals surface area contributed by atoms with E-state index >= 15 is 0 Å². The highest BCUT2D eigenvalue weighted by Crippen LogP contribution is 2.13. The molecular weight excluding hydrogens is 202 g/mol. The van der Waals surface area contributed by atoms with Crippen LogP contribution in [0, 0.1) is 0 Å². The van der Waals surface area contributed by atoms with Gasteiger partial charge in [0.05, 0.1) is 0 Å². The topological polar surface area (TPSA) is 12.0 Å². The number of hydrogen-bond donors (Lipinski definition) is 1. The fraction of sp³-hybridized carbons (Fsp3) is 0.692. The van der Waals surface area contributed by atoms with Gasteiger partial charge in [0.25, 0.3) is 0 Å². The fourth-order valence-electron chi connectivity index (χ4n) is 1.70. The molecule has 0 aliphatic heterocycles. The van der Waals surface area contributed by atoms with Crippen molar-refractivity contribution in [1.29, 1.82) is 0 Å². The summed E-state index contributed by atoms with van der Waals surface area (Å²) >= 11 is 1.88. The van der Waals surface area contributed by atoms with Crippen molar-refractivity contribution >= 4 is 11.3 Å². The normalized spacial score (nSPS) is 12.9. The molecule has 0 aliphatic rings. The number of nitrogens with one attached hydrogen (secondary N) is 1. The van der Waals surface area contributed by atoms with Crippen LogP contribution in [0.4, 0.5) is 0 Å². The molecular formula is C13H23NS. The van der Waals surface area contributed by atoms with Gasteiger partial charge in [0.15, 0.2) is 0 Å². The van der Waals surface area contributed by atoms with E-state index in [0.29, 0.717) is 6.04 Å². The van der Waals surface area contributed by atoms with Crippen LogP contribution in [0.25, 0.3) is 0 Å². The molecule has 0 amide bonds. The molecule has 15 heavy (non-hydrogen) atoms. The number of unbranched alkanes of at least 4 members (excludes halogenated alkanes) is 1. The number of rotatable bonds is 8. The van der Waals surface area contributed by atoms with E-state index < -0.39 is 0 Å². The second kappa shape index (κ2) is 7.89. The van der Waals surface area contributed by atoms with E-state index in [-0.39, 0.29) is 0 Å². The summed E-state index contributed by atoms with van der Waals surface area (Å²) in [5.74, 6) is 0. The largest absolute Gasteiger partial charge is 0.314 e. The summed E-state index contributed by atoms with van der Waals surface area (Å²) in [5.41, 5.74) is 0. The highest BCUT2D eigenvalue weighted by atomic mass is 32.1. The first-order valence-corrected chi connectivity index (χ1v) is 7.00. The lowest BCUT2D eigenvalue weighted by molar-refractivity contribution is 0.463. The van der Waals surface area contributed by atoms with Crippen molar-refractivity contribution < 1.29 is 0 Å². The second-order valence-corrected chi connectivity index (χ2v) is 5.06. The van der Waals surface area contributed by atoms with E-state index in [1.54, 1.807) is 0 Å². The van der Waals surface area contributed by atoms with E-state index in [2.05, 4.69) is 36.7 Å². The molecule has 0 aliphatic carbocycles. The van der Waals surface area contributed by atoms with Gasteiger partial charge in [-0.25, -0.2) is 0 Å². The molecule has 0 saturated heterocycles. The average molecular weight is 225 g/mol. The molecule has 0 fully saturated rings. The van der Waals surface area contributed by atoms with Crippen molar-refractivity contribution in [1.82, 2.24) is 5.32 Å². The van der Waals surface area contributed by atoms with Crippen LogP contribution < -0.4 is 5.32 Å². The predicted octanol–water partition coefficient (Wildman–Crippen LogP) is 3.85. The van der Waals surface area contributed by atoms with Crippen molar-refractivity contribution in [3.63, 3.8) is 0 Å². The predicted molar refractivity (Wildman–Crippen MR) is 69.6 cm³/mol. The van der Waals surface area contributed by atoms with Crippen molar-refractivity contribution in [3.05, 3.63) is 22.4 Å². The summed E-state index contributed by atoms with van der Waals surface area (Å²) in [6.45, 7) is 5.70. The van der Waals surface area contributed by atoms with Gasteiger partial charge in [-0.1, -0.05) is 26.3 Å². The third-order valence-corrected chi connectivity index (χ3v) is 3.71. The molecule has 1 aromatic rings. The Hall–Kier alpha value is -0.340. The van der Waals surface area contributed by atoms with E-state index in [9.17, 15) is 0 Å². The molecule has 0 spiro atoms. The molecule has 1 heterocycles. The lowest BCUT2D eigenvalue weighted by Gasteiger charge is -2.16. The van der Waals surface area contributed by atoms with Gasteiger partial charge in [-0.15, -0.1) is 11.3 Å². The van der Waals surface area contributed by atoms with E-state index in [0.717, 1.165) is 0 Å². The van der Waals surface area contributed by atoms with Gasteiger partial charge >= 0.3 is 0 Å². The third kappa shape index (κ3) is 5.33. The molecule has 0 aromatic carbocycles. The van der Waals surface area contributed by atoms with Gasteiger partial charge in [0.2, 0.25) is 0 Å². The molecule has 1 atom stereocenters. The molecule has 1 nitrogen and oxygen atoms in total. The SMILES string of the molecule is CCCCNC(CC)CCc1cccs1. The molecule has 0 bridgehead atoms. The van der Waals surface area contributed by atoms with Gasteiger partial charge in [-0.3, -0.25) is 0 Å². The van der Waals surface area contributed by atoms with Crippen LogP contribution >= 0.6 is 11.3 Å². The molecule has 2 heteroatoms. The molecule has 86 valence electrons. The Labute approximate surface area is 97.9 Å². The first-order chi connectivity index (χ1) is 7.36. The van der Waals surface area contributed by atoms with Gasteiger partial charge in [-0.05, 0) is 43.7 Å². The minimum atomic E-state index is 0.707. The van der Waals surface area contributed by atoms with Gasteiger partial charge < -0.3 is 5.32 Å². The van der Waals surface area contributed by atoms with Gasteiger partial charge in [-0.2, -0.15) is 0 Å². The molecule has 1 rings (SSSR count). The van der Waals surface area contributed by atoms with Crippen LogP contribution in [-0.2, 0) is 6.42 Å². The lowest BCUT2D eigenvalue weighted by Crippen LogP contribution is -2.29. The molecule has 0 radical (unpaired) electrons. The standard InChI is InChI=1S/C13H23NS/c1-3-5-10-14-12(4-2)8-9-13-7-6-11-15-13/h6-7,11-12,14H,3-5,8-10H2,1-2H3. The first-order valence-electron chi connectivity index (χ1n) is 6.12. The first kappa shape index (κ1) is 12.7. The van der Waals surface area contributed by atoms with Crippen LogP contribution in [0.1, 0.15) is 44.4 Å². The van der Waals surface area contributed by atoms with Crippen molar-refractivity contribution in [2.24, 2.45) is 0 Å². The number of thiophene rings is 1. The van der Waals surface area contributed by atoms with E-state index in [1.807, 2.05) is 11.3 Å². The molecule has 1 unspecified atom stereocenters. The minimum absolute atomic E-state index is 0.707. The van der Waals surface area contributed by atoms with Crippen LogP contribution in [0.3, 0.4) is 0 Å². The summed E-state index contributed by atoms with van der Waals surface area (Å²) in [7, 11) is 0. The number of aryl methyl sites for hydroxylation is 1. The molecule has 1 N–H and O–H groups in total. The van der Waals surface area contributed by atoms with Crippen molar-refractivity contribution in [2.75, 3.05) is 6.54 Å². The van der Waals surface area contributed by atoms with E-state index in [1.165, 1.54) is 43.5 Å². The third-order valence-electron chi connectivity index (χ3n) is 2.78. The molecule has 0 saturated carbocycles. The Morgan fingerprint density at radius 2 is 2.27 bits per heavy atom. The monoisotopic (exact) mass is 225 g/mol. The minimum Gasteiger partial charge on any atom is -0.314 e. The van der Waals surface area contributed by atoms with Gasteiger partial charge in [0.1, 0.15) is 0 Å². The Bertz CT molecular complexity index is 231. The second-order valence-electron chi connectivity index (χ2n) is 4.03. The average Bonchev–Trinajstić information content (AvgIpc) is 2.76. The maximum atomic E-state index is 3.64. The smallest absolute Gasteiger partial charge is 0.00678 e. The maximum absolute atomic E-state index is 3.64. The summed E-state index contributed by atoms with van der Waals surface area (Å²) in [6, 6.07) is 5.09. The maximum Gasteiger partial charge on any atom is 0.00678 e. The Kier molecular flexibility index (Phi) is 6.69. The highest BCUT2D eigenvalue weighted by Gasteiger charge is 2.05. The summed E-state index contributed by atoms with van der Waals surface area (Å²) in [4.78, 5) is 1.52. The zero-order valence-electron chi connectivity index (χ0n) is 9.96. The van der Waals surface area contributed by atoms with Crippen LogP contribution in [-0.4, -0.2) is 12.6 Å². The summed E-state index contributed by atoms with van der Waals surface area (Å²) in [5, 5.41) is 5.80. The van der Waals surface area contributed by atoms with E-state index in [4.69, 9.17) is 0 Å². The Morgan fingerprint density at radius 1 is 1.40 bits per heavy atom. The van der Waals surface area contributed by atoms with Crippen LogP contribution in [0.15, 0.2) is 17.5 Å². The zero-order valence-corrected chi connectivity index (χ0v) is 10.8. The zero-order chi connectivity index (χ0) is 10.9. The molecule has 1 aromatic heterocycles. The fourth-order valence-corrected chi connectivity index (χ4v) is 2.43. The van der Waals surface area contributed by atoms with Crippen LogP contribution in [0.2, 0.25) is 0 Å². The lowest BCUT2D eigenvalue weighted by atomic mass is 10.1. The highest BCUT2D eigenvalue weighted by molar-refractivity contribution is 7.09. The summed E-state index contributed by atoms with van der Waals surface area (Å²) in [6.07, 6.45) is 6.34. The quantitative estimate of drug-likeness (QED) is 0.663. The number of hydrogen-bond acceptors (Lipinski definition) is 2. The van der Waals surface area contributed by atoms with Gasteiger partial charge in [0, 0.05) is 10.9 Å². The van der Waals surface area contributed by atoms with Crippen molar-refractivity contribution in [2.45, 2.75) is 52.0 Å². The Balaban J connectivity index is 2.16. The Morgan fingerprint density at radius 3 is 2.87 bits per heavy atom.